The normalized spacial score (nSPS) is 14.6. The molecule has 0 bridgehead atoms. The summed E-state index contributed by atoms with van der Waals surface area (Å²) in [7, 11) is 1.56. The Labute approximate surface area is 207 Å². The van der Waals surface area contributed by atoms with Crippen molar-refractivity contribution < 1.29 is 18.7 Å². The van der Waals surface area contributed by atoms with Gasteiger partial charge in [-0.05, 0) is 54.4 Å². The Kier molecular flexibility index (Phi) is 6.36. The number of rotatable bonds is 7. The van der Waals surface area contributed by atoms with E-state index in [1.54, 1.807) is 36.1 Å². The number of halogens is 1. The van der Waals surface area contributed by atoms with Gasteiger partial charge in [-0.25, -0.2) is 9.07 Å². The number of hydrogen-bond acceptors (Lipinski definition) is 6. The van der Waals surface area contributed by atoms with Crippen LogP contribution in [-0.4, -0.2) is 27.8 Å². The number of ether oxygens (including phenoxy) is 2. The third-order valence-corrected chi connectivity index (χ3v) is 5.89. The van der Waals surface area contributed by atoms with Crippen LogP contribution in [0.25, 0.3) is 0 Å². The van der Waals surface area contributed by atoms with E-state index in [1.807, 2.05) is 43.3 Å². The Bertz CT molecular complexity index is 1430. The van der Waals surface area contributed by atoms with Crippen molar-refractivity contribution in [3.05, 3.63) is 107 Å². The molecule has 5 rings (SSSR count). The molecule has 0 spiro atoms. The van der Waals surface area contributed by atoms with Crippen molar-refractivity contribution in [1.82, 2.24) is 14.8 Å². The highest BCUT2D eigenvalue weighted by atomic mass is 19.1. The van der Waals surface area contributed by atoms with Crippen LogP contribution in [0, 0.1) is 5.82 Å². The maximum absolute atomic E-state index is 13.6. The number of allylic oxidation sites excluding steroid dienone is 1. The van der Waals surface area contributed by atoms with Gasteiger partial charge in [0.15, 0.2) is 0 Å². The molecule has 0 radical (unpaired) electrons. The van der Waals surface area contributed by atoms with E-state index in [0.29, 0.717) is 34.4 Å². The molecular weight excluding hydrogens is 461 g/mol. The first-order valence-corrected chi connectivity index (χ1v) is 11.3. The summed E-state index contributed by atoms with van der Waals surface area (Å²) >= 11 is 0. The van der Waals surface area contributed by atoms with Crippen molar-refractivity contribution in [3.8, 4) is 11.5 Å². The summed E-state index contributed by atoms with van der Waals surface area (Å²) in [5.74, 6) is 1.11. The molecule has 2 N–H and O–H groups in total. The van der Waals surface area contributed by atoms with Crippen molar-refractivity contribution in [2.24, 2.45) is 0 Å². The number of anilines is 2. The number of carbonyl (C=O) groups is 1. The summed E-state index contributed by atoms with van der Waals surface area (Å²) in [5.41, 5.74) is 3.34. The molecule has 36 heavy (non-hydrogen) atoms. The lowest BCUT2D eigenvalue weighted by Crippen LogP contribution is -2.31. The smallest absolute Gasteiger partial charge is 0.255 e. The lowest BCUT2D eigenvalue weighted by molar-refractivity contribution is -0.113. The van der Waals surface area contributed by atoms with Gasteiger partial charge in [0.05, 0.1) is 18.4 Å². The van der Waals surface area contributed by atoms with Crippen LogP contribution in [0.2, 0.25) is 0 Å². The first kappa shape index (κ1) is 23.1. The molecule has 0 aliphatic carbocycles. The molecule has 8 nitrogen and oxygen atoms in total. The second kappa shape index (κ2) is 9.91. The number of nitrogens with one attached hydrogen (secondary N) is 2. The molecule has 1 atom stereocenters. The molecule has 4 aromatic rings. The minimum Gasteiger partial charge on any atom is -0.495 e. The maximum Gasteiger partial charge on any atom is 0.255 e. The molecule has 9 heteroatoms. The zero-order valence-electron chi connectivity index (χ0n) is 19.7. The number of amides is 1. The Morgan fingerprint density at radius 3 is 2.72 bits per heavy atom. The van der Waals surface area contributed by atoms with Gasteiger partial charge in [0.2, 0.25) is 5.95 Å². The zero-order valence-corrected chi connectivity index (χ0v) is 19.7. The quantitative estimate of drug-likeness (QED) is 0.386. The Morgan fingerprint density at radius 2 is 1.92 bits per heavy atom. The molecular formula is C27H24FN5O3. The summed E-state index contributed by atoms with van der Waals surface area (Å²) in [4.78, 5) is 17.9. The average Bonchev–Trinajstić information content (AvgIpc) is 3.36. The lowest BCUT2D eigenvalue weighted by Gasteiger charge is -2.29. The van der Waals surface area contributed by atoms with Crippen molar-refractivity contribution >= 4 is 17.5 Å². The monoisotopic (exact) mass is 485 g/mol. The molecule has 0 saturated heterocycles. The van der Waals surface area contributed by atoms with E-state index in [-0.39, 0.29) is 18.3 Å². The van der Waals surface area contributed by atoms with E-state index in [9.17, 15) is 9.18 Å². The van der Waals surface area contributed by atoms with E-state index in [1.165, 1.54) is 18.5 Å². The highest BCUT2D eigenvalue weighted by Gasteiger charge is 2.34. The Morgan fingerprint density at radius 1 is 1.11 bits per heavy atom. The molecule has 1 aliphatic heterocycles. The van der Waals surface area contributed by atoms with E-state index < -0.39 is 6.04 Å². The van der Waals surface area contributed by atoms with Crippen LogP contribution in [0.4, 0.5) is 16.0 Å². The van der Waals surface area contributed by atoms with Crippen molar-refractivity contribution in [1.29, 1.82) is 0 Å². The van der Waals surface area contributed by atoms with Crippen molar-refractivity contribution in [2.75, 3.05) is 17.7 Å². The van der Waals surface area contributed by atoms with Crippen LogP contribution >= 0.6 is 0 Å². The molecule has 0 saturated carbocycles. The predicted molar refractivity (Wildman–Crippen MR) is 133 cm³/mol. The first-order valence-electron chi connectivity index (χ1n) is 11.3. The molecule has 1 aromatic heterocycles. The molecule has 3 aromatic carbocycles. The standard InChI is InChI=1S/C27H24FN5O3/c1-17-24(26(34)32-22-8-3-4-9-23(22)35-2)25(33-27(31-17)29-16-30-33)19-6-5-7-21(14-19)36-15-18-10-12-20(28)13-11-18/h3-14,16,25H,15H2,1-2H3,(H,32,34)(H,29,30,31)/t25-/m1/s1. The van der Waals surface area contributed by atoms with E-state index in [4.69, 9.17) is 9.47 Å². The van der Waals surface area contributed by atoms with E-state index >= 15 is 0 Å². The zero-order chi connectivity index (χ0) is 25.1. The highest BCUT2D eigenvalue weighted by Crippen LogP contribution is 2.37. The fraction of sp³-hybridized carbons (Fsp3) is 0.148. The summed E-state index contributed by atoms with van der Waals surface area (Å²) in [6.07, 6.45) is 1.44. The van der Waals surface area contributed by atoms with Crippen LogP contribution in [-0.2, 0) is 11.4 Å². The second-order valence-corrected chi connectivity index (χ2v) is 8.24. The Hall–Kier alpha value is -4.66. The van der Waals surface area contributed by atoms with Gasteiger partial charge < -0.3 is 20.1 Å². The number of methoxy groups -OCH3 is 1. The fourth-order valence-electron chi connectivity index (χ4n) is 4.15. The van der Waals surface area contributed by atoms with Gasteiger partial charge >= 0.3 is 0 Å². The molecule has 0 unspecified atom stereocenters. The minimum absolute atomic E-state index is 0.278. The van der Waals surface area contributed by atoms with Gasteiger partial charge in [-0.1, -0.05) is 36.4 Å². The van der Waals surface area contributed by atoms with Crippen LogP contribution in [0.5, 0.6) is 11.5 Å². The van der Waals surface area contributed by atoms with Gasteiger partial charge in [-0.15, -0.1) is 0 Å². The van der Waals surface area contributed by atoms with Gasteiger partial charge in [0, 0.05) is 5.70 Å². The van der Waals surface area contributed by atoms with E-state index in [2.05, 4.69) is 20.7 Å². The first-order chi connectivity index (χ1) is 17.5. The Balaban J connectivity index is 1.46. The summed E-state index contributed by atoms with van der Waals surface area (Å²) < 4.78 is 26.2. The van der Waals surface area contributed by atoms with Gasteiger partial charge in [0.1, 0.15) is 36.3 Å². The number of carbonyl (C=O) groups excluding carboxylic acids is 1. The highest BCUT2D eigenvalue weighted by molar-refractivity contribution is 6.06. The number of benzene rings is 3. The third-order valence-electron chi connectivity index (χ3n) is 5.89. The number of hydrogen-bond donors (Lipinski definition) is 2. The van der Waals surface area contributed by atoms with E-state index in [0.717, 1.165) is 11.1 Å². The molecule has 182 valence electrons. The third kappa shape index (κ3) is 4.63. The summed E-state index contributed by atoms with van der Waals surface area (Å²) in [6, 6.07) is 20.3. The second-order valence-electron chi connectivity index (χ2n) is 8.24. The van der Waals surface area contributed by atoms with Gasteiger partial charge in [-0.2, -0.15) is 10.1 Å². The van der Waals surface area contributed by atoms with Crippen LogP contribution in [0.1, 0.15) is 24.1 Å². The summed E-state index contributed by atoms with van der Waals surface area (Å²) in [6.45, 7) is 2.11. The average molecular weight is 486 g/mol. The largest absolute Gasteiger partial charge is 0.495 e. The minimum atomic E-state index is -0.548. The summed E-state index contributed by atoms with van der Waals surface area (Å²) in [5, 5.41) is 10.5. The molecule has 1 amide bonds. The SMILES string of the molecule is COc1ccccc1NC(=O)C1=C(C)Nc2ncnn2[C@@H]1c1cccc(OCc2ccc(F)cc2)c1. The maximum atomic E-state index is 13.6. The number of nitrogens with zero attached hydrogens (tertiary/aromatic N) is 3. The van der Waals surface area contributed by atoms with Gasteiger partial charge in [0.25, 0.3) is 5.91 Å². The topological polar surface area (TPSA) is 90.3 Å². The number of aromatic nitrogens is 3. The molecule has 0 fully saturated rings. The predicted octanol–water partition coefficient (Wildman–Crippen LogP) is 4.93. The van der Waals surface area contributed by atoms with Crippen LogP contribution in [0.3, 0.4) is 0 Å². The molecule has 1 aliphatic rings. The number of para-hydroxylation sites is 2. The fourth-order valence-corrected chi connectivity index (χ4v) is 4.15. The van der Waals surface area contributed by atoms with Gasteiger partial charge in [-0.3, -0.25) is 4.79 Å². The number of fused-ring (bicyclic) bond motifs is 1. The van der Waals surface area contributed by atoms with Crippen LogP contribution in [0.15, 0.2) is 90.4 Å². The van der Waals surface area contributed by atoms with Crippen molar-refractivity contribution in [2.45, 2.75) is 19.6 Å². The van der Waals surface area contributed by atoms with Crippen molar-refractivity contribution in [3.63, 3.8) is 0 Å². The van der Waals surface area contributed by atoms with Crippen LogP contribution < -0.4 is 20.1 Å². The lowest BCUT2D eigenvalue weighted by atomic mass is 9.94. The molecule has 2 heterocycles.